The summed E-state index contributed by atoms with van der Waals surface area (Å²) in [5.74, 6) is 1.75. The van der Waals surface area contributed by atoms with Gasteiger partial charge in [0, 0.05) is 13.7 Å². The summed E-state index contributed by atoms with van der Waals surface area (Å²) >= 11 is 0. The average Bonchev–Trinajstić information content (AvgIpc) is 2.95. The maximum absolute atomic E-state index is 5.62. The summed E-state index contributed by atoms with van der Waals surface area (Å²) in [5.41, 5.74) is 0.799. The van der Waals surface area contributed by atoms with E-state index in [9.17, 15) is 0 Å². The van der Waals surface area contributed by atoms with Gasteiger partial charge in [0.15, 0.2) is 0 Å². The average molecular weight is 277 g/mol. The largest absolute Gasteiger partial charge is 0.496 e. The van der Waals surface area contributed by atoms with Crippen LogP contribution in [0.1, 0.15) is 12.3 Å². The summed E-state index contributed by atoms with van der Waals surface area (Å²) < 4.78 is 15.9. The van der Waals surface area contributed by atoms with Crippen LogP contribution in [0.5, 0.6) is 5.75 Å². The molecule has 6 heteroatoms. The standard InChI is InChI=1S/C14H19N3O3/c1-18-9-5-8-15-10-13-16-17-14(20-13)11-6-3-4-7-12(11)19-2/h3-4,6-7,15H,5,8-10H2,1-2H3. The molecule has 0 spiro atoms. The minimum absolute atomic E-state index is 0.469. The van der Waals surface area contributed by atoms with Gasteiger partial charge in [-0.05, 0) is 25.1 Å². The molecule has 0 atom stereocenters. The molecule has 0 aliphatic rings. The van der Waals surface area contributed by atoms with Crippen LogP contribution in [0, 0.1) is 0 Å². The summed E-state index contributed by atoms with van der Waals surface area (Å²) in [6.45, 7) is 2.13. The fourth-order valence-electron chi connectivity index (χ4n) is 1.79. The highest BCUT2D eigenvalue weighted by molar-refractivity contribution is 5.62. The lowest BCUT2D eigenvalue weighted by Crippen LogP contribution is -2.16. The van der Waals surface area contributed by atoms with E-state index in [2.05, 4.69) is 15.5 Å². The maximum Gasteiger partial charge on any atom is 0.251 e. The van der Waals surface area contributed by atoms with Gasteiger partial charge in [-0.3, -0.25) is 0 Å². The van der Waals surface area contributed by atoms with E-state index in [0.29, 0.717) is 18.3 Å². The number of hydrogen-bond donors (Lipinski definition) is 1. The van der Waals surface area contributed by atoms with E-state index in [0.717, 1.165) is 30.9 Å². The van der Waals surface area contributed by atoms with Gasteiger partial charge < -0.3 is 19.2 Å². The molecule has 0 saturated carbocycles. The third kappa shape index (κ3) is 3.79. The first-order valence-electron chi connectivity index (χ1n) is 6.50. The fraction of sp³-hybridized carbons (Fsp3) is 0.429. The number of aromatic nitrogens is 2. The zero-order valence-electron chi connectivity index (χ0n) is 11.8. The van der Waals surface area contributed by atoms with Crippen LogP contribution in [0.25, 0.3) is 11.5 Å². The molecule has 0 amide bonds. The smallest absolute Gasteiger partial charge is 0.251 e. The Labute approximate surface area is 118 Å². The molecule has 0 aliphatic heterocycles. The lowest BCUT2D eigenvalue weighted by atomic mass is 10.2. The fourth-order valence-corrected chi connectivity index (χ4v) is 1.79. The van der Waals surface area contributed by atoms with Crippen LogP contribution >= 0.6 is 0 Å². The highest BCUT2D eigenvalue weighted by Crippen LogP contribution is 2.28. The number of nitrogens with one attached hydrogen (secondary N) is 1. The van der Waals surface area contributed by atoms with Crippen LogP contribution in [0.15, 0.2) is 28.7 Å². The van der Waals surface area contributed by atoms with Gasteiger partial charge in [-0.25, -0.2) is 0 Å². The molecule has 0 fully saturated rings. The van der Waals surface area contributed by atoms with E-state index in [1.807, 2.05) is 24.3 Å². The molecule has 0 unspecified atom stereocenters. The molecule has 2 aromatic rings. The van der Waals surface area contributed by atoms with Gasteiger partial charge >= 0.3 is 0 Å². The zero-order valence-corrected chi connectivity index (χ0v) is 11.8. The highest BCUT2D eigenvalue weighted by Gasteiger charge is 2.12. The van der Waals surface area contributed by atoms with Gasteiger partial charge in [-0.1, -0.05) is 12.1 Å². The number of ether oxygens (including phenoxy) is 2. The first-order chi connectivity index (χ1) is 9.85. The summed E-state index contributed by atoms with van der Waals surface area (Å²) in [5, 5.41) is 11.3. The van der Waals surface area contributed by atoms with Crippen LogP contribution in [0.3, 0.4) is 0 Å². The molecule has 20 heavy (non-hydrogen) atoms. The van der Waals surface area contributed by atoms with E-state index in [4.69, 9.17) is 13.9 Å². The maximum atomic E-state index is 5.62. The SMILES string of the molecule is COCCCNCc1nnc(-c2ccccc2OC)o1. The normalized spacial score (nSPS) is 10.7. The molecular formula is C14H19N3O3. The Kier molecular flexibility index (Phi) is 5.52. The van der Waals surface area contributed by atoms with Crippen LogP contribution in [-0.2, 0) is 11.3 Å². The van der Waals surface area contributed by atoms with Gasteiger partial charge in [0.05, 0.1) is 19.2 Å². The van der Waals surface area contributed by atoms with E-state index >= 15 is 0 Å². The first-order valence-corrected chi connectivity index (χ1v) is 6.50. The highest BCUT2D eigenvalue weighted by atomic mass is 16.5. The van der Waals surface area contributed by atoms with E-state index in [1.165, 1.54) is 0 Å². The van der Waals surface area contributed by atoms with Crippen molar-refractivity contribution in [2.24, 2.45) is 0 Å². The Balaban J connectivity index is 1.95. The van der Waals surface area contributed by atoms with Gasteiger partial charge in [-0.15, -0.1) is 10.2 Å². The van der Waals surface area contributed by atoms with Crippen molar-refractivity contribution in [3.63, 3.8) is 0 Å². The molecule has 2 rings (SSSR count). The molecule has 108 valence electrons. The van der Waals surface area contributed by atoms with E-state index < -0.39 is 0 Å². The minimum atomic E-state index is 0.469. The molecule has 1 aromatic carbocycles. The second-order valence-electron chi connectivity index (χ2n) is 4.22. The summed E-state index contributed by atoms with van der Waals surface area (Å²) in [6, 6.07) is 7.56. The van der Waals surface area contributed by atoms with Gasteiger partial charge in [-0.2, -0.15) is 0 Å². The number of rotatable bonds is 8. The van der Waals surface area contributed by atoms with Crippen LogP contribution in [-0.4, -0.2) is 37.6 Å². The Bertz CT molecular complexity index is 528. The molecular weight excluding hydrogens is 258 g/mol. The number of methoxy groups -OCH3 is 2. The molecule has 1 aromatic heterocycles. The Morgan fingerprint density at radius 2 is 2.05 bits per heavy atom. The predicted molar refractivity (Wildman–Crippen MR) is 74.5 cm³/mol. The number of nitrogens with zero attached hydrogens (tertiary/aromatic N) is 2. The Hall–Kier alpha value is -1.92. The predicted octanol–water partition coefficient (Wildman–Crippen LogP) is 1.87. The zero-order chi connectivity index (χ0) is 14.2. The van der Waals surface area contributed by atoms with Crippen molar-refractivity contribution in [3.05, 3.63) is 30.2 Å². The monoisotopic (exact) mass is 277 g/mol. The topological polar surface area (TPSA) is 69.4 Å². The van der Waals surface area contributed by atoms with Gasteiger partial charge in [0.2, 0.25) is 5.89 Å². The van der Waals surface area contributed by atoms with E-state index in [1.54, 1.807) is 14.2 Å². The lowest BCUT2D eigenvalue weighted by Gasteiger charge is -2.03. The van der Waals surface area contributed by atoms with Crippen molar-refractivity contribution in [2.75, 3.05) is 27.4 Å². The second-order valence-corrected chi connectivity index (χ2v) is 4.22. The summed E-state index contributed by atoms with van der Waals surface area (Å²) in [6.07, 6.45) is 0.948. The number of para-hydroxylation sites is 1. The van der Waals surface area contributed by atoms with Crippen molar-refractivity contribution in [1.82, 2.24) is 15.5 Å². The van der Waals surface area contributed by atoms with Crippen LogP contribution < -0.4 is 10.1 Å². The van der Waals surface area contributed by atoms with Gasteiger partial charge in [0.1, 0.15) is 5.75 Å². The molecule has 0 radical (unpaired) electrons. The summed E-state index contributed by atoms with van der Waals surface area (Å²) in [7, 11) is 3.31. The van der Waals surface area contributed by atoms with Crippen molar-refractivity contribution in [1.29, 1.82) is 0 Å². The summed E-state index contributed by atoms with van der Waals surface area (Å²) in [4.78, 5) is 0. The first kappa shape index (κ1) is 14.5. The third-order valence-electron chi connectivity index (χ3n) is 2.78. The molecule has 1 N–H and O–H groups in total. The number of benzene rings is 1. The molecule has 6 nitrogen and oxygen atoms in total. The lowest BCUT2D eigenvalue weighted by molar-refractivity contribution is 0.194. The Morgan fingerprint density at radius 1 is 1.20 bits per heavy atom. The van der Waals surface area contributed by atoms with Gasteiger partial charge in [0.25, 0.3) is 5.89 Å². The van der Waals surface area contributed by atoms with E-state index in [-0.39, 0.29) is 0 Å². The van der Waals surface area contributed by atoms with Crippen molar-refractivity contribution < 1.29 is 13.9 Å². The molecule has 0 aliphatic carbocycles. The minimum Gasteiger partial charge on any atom is -0.496 e. The quantitative estimate of drug-likeness (QED) is 0.743. The molecule has 1 heterocycles. The molecule has 0 saturated heterocycles. The van der Waals surface area contributed by atoms with Crippen LogP contribution in [0.2, 0.25) is 0 Å². The van der Waals surface area contributed by atoms with Crippen LogP contribution in [0.4, 0.5) is 0 Å². The Morgan fingerprint density at radius 3 is 2.85 bits per heavy atom. The van der Waals surface area contributed by atoms with Crippen molar-refractivity contribution in [2.45, 2.75) is 13.0 Å². The third-order valence-corrected chi connectivity index (χ3v) is 2.78. The van der Waals surface area contributed by atoms with Crippen molar-refractivity contribution in [3.8, 4) is 17.2 Å². The second kappa shape index (κ2) is 7.62. The molecule has 0 bridgehead atoms. The number of hydrogen-bond acceptors (Lipinski definition) is 6. The van der Waals surface area contributed by atoms with Crippen molar-refractivity contribution >= 4 is 0 Å².